The summed E-state index contributed by atoms with van der Waals surface area (Å²) in [7, 11) is 0. The molecule has 3 rings (SSSR count). The minimum Gasteiger partial charge on any atom is -0.479 e. The number of hydrogen-bond donors (Lipinski definition) is 0. The largest absolute Gasteiger partial charge is 0.479 e. The third kappa shape index (κ3) is 4.37. The third-order valence-electron chi connectivity index (χ3n) is 4.22. The Hall–Kier alpha value is -3.08. The standard InChI is InChI=1S/C22H22O5/c1-3-4-12-25-22(24)15(2)27-17-10-11-18-20(13-17)26-14-19(21(18)23)16-8-6-5-7-9-16/h5-11,13-15H,3-4,12H2,1-2H3/t15-/m0/s1. The number of esters is 1. The average molecular weight is 366 g/mol. The molecule has 0 radical (unpaired) electrons. The molecular weight excluding hydrogens is 344 g/mol. The van der Waals surface area contributed by atoms with E-state index in [0.29, 0.717) is 28.9 Å². The van der Waals surface area contributed by atoms with Crippen molar-refractivity contribution in [2.24, 2.45) is 0 Å². The van der Waals surface area contributed by atoms with Gasteiger partial charge in [-0.1, -0.05) is 43.7 Å². The molecule has 1 atom stereocenters. The molecule has 5 heteroatoms. The van der Waals surface area contributed by atoms with Crippen molar-refractivity contribution in [3.63, 3.8) is 0 Å². The van der Waals surface area contributed by atoms with Gasteiger partial charge in [-0.25, -0.2) is 4.79 Å². The Bertz CT molecular complexity index is 975. The summed E-state index contributed by atoms with van der Waals surface area (Å²) in [5, 5.41) is 0.460. The molecule has 2 aromatic carbocycles. The highest BCUT2D eigenvalue weighted by molar-refractivity contribution is 5.82. The van der Waals surface area contributed by atoms with E-state index in [1.165, 1.54) is 6.26 Å². The van der Waals surface area contributed by atoms with Gasteiger partial charge in [-0.05, 0) is 31.0 Å². The molecule has 0 aliphatic carbocycles. The Morgan fingerprint density at radius 2 is 1.93 bits per heavy atom. The van der Waals surface area contributed by atoms with E-state index >= 15 is 0 Å². The molecule has 0 N–H and O–H groups in total. The number of benzene rings is 2. The minimum atomic E-state index is -0.741. The molecule has 5 nitrogen and oxygen atoms in total. The Labute approximate surface area is 157 Å². The van der Waals surface area contributed by atoms with Crippen molar-refractivity contribution in [2.45, 2.75) is 32.8 Å². The van der Waals surface area contributed by atoms with E-state index in [1.54, 1.807) is 25.1 Å². The molecule has 0 aliphatic rings. The van der Waals surface area contributed by atoms with Crippen molar-refractivity contribution >= 4 is 16.9 Å². The van der Waals surface area contributed by atoms with E-state index in [1.807, 2.05) is 37.3 Å². The van der Waals surface area contributed by atoms with Gasteiger partial charge < -0.3 is 13.9 Å². The van der Waals surface area contributed by atoms with Crippen LogP contribution in [0.5, 0.6) is 5.75 Å². The second-order valence-electron chi connectivity index (χ2n) is 6.28. The molecule has 0 bridgehead atoms. The molecule has 0 saturated carbocycles. The first-order valence-corrected chi connectivity index (χ1v) is 9.04. The zero-order valence-electron chi connectivity index (χ0n) is 15.4. The van der Waals surface area contributed by atoms with Gasteiger partial charge in [0.1, 0.15) is 17.6 Å². The number of rotatable bonds is 7. The topological polar surface area (TPSA) is 65.7 Å². The summed E-state index contributed by atoms with van der Waals surface area (Å²) in [6, 6.07) is 14.3. The summed E-state index contributed by atoms with van der Waals surface area (Å²) in [6.45, 7) is 4.05. The summed E-state index contributed by atoms with van der Waals surface area (Å²) in [5.41, 5.74) is 1.60. The lowest BCUT2D eigenvalue weighted by Gasteiger charge is -2.14. The van der Waals surface area contributed by atoms with E-state index in [2.05, 4.69) is 0 Å². The highest BCUT2D eigenvalue weighted by Gasteiger charge is 2.17. The lowest BCUT2D eigenvalue weighted by Crippen LogP contribution is -2.26. The van der Waals surface area contributed by atoms with E-state index in [9.17, 15) is 9.59 Å². The predicted octanol–water partition coefficient (Wildman–Crippen LogP) is 4.57. The Morgan fingerprint density at radius 3 is 2.67 bits per heavy atom. The van der Waals surface area contributed by atoms with Crippen LogP contribution in [0.3, 0.4) is 0 Å². The van der Waals surface area contributed by atoms with E-state index in [4.69, 9.17) is 13.9 Å². The van der Waals surface area contributed by atoms with Crippen molar-refractivity contribution < 1.29 is 18.7 Å². The lowest BCUT2D eigenvalue weighted by molar-refractivity contribution is -0.151. The van der Waals surface area contributed by atoms with Crippen LogP contribution < -0.4 is 10.2 Å². The molecule has 0 fully saturated rings. The fourth-order valence-corrected chi connectivity index (χ4v) is 2.69. The number of fused-ring (bicyclic) bond motifs is 1. The highest BCUT2D eigenvalue weighted by atomic mass is 16.6. The van der Waals surface area contributed by atoms with Crippen molar-refractivity contribution in [1.29, 1.82) is 0 Å². The third-order valence-corrected chi connectivity index (χ3v) is 4.22. The molecule has 1 aromatic heterocycles. The second kappa shape index (κ2) is 8.54. The van der Waals surface area contributed by atoms with Crippen molar-refractivity contribution in [1.82, 2.24) is 0 Å². The van der Waals surface area contributed by atoms with Crippen LogP contribution in [-0.2, 0) is 9.53 Å². The fraction of sp³-hybridized carbons (Fsp3) is 0.273. The van der Waals surface area contributed by atoms with E-state index < -0.39 is 12.1 Å². The maximum Gasteiger partial charge on any atom is 0.347 e. The van der Waals surface area contributed by atoms with Gasteiger partial charge in [-0.2, -0.15) is 0 Å². The average Bonchev–Trinajstić information content (AvgIpc) is 2.69. The molecule has 1 heterocycles. The molecule has 0 amide bonds. The van der Waals surface area contributed by atoms with Crippen molar-refractivity contribution in [3.05, 3.63) is 65.0 Å². The monoisotopic (exact) mass is 366 g/mol. The van der Waals surface area contributed by atoms with Gasteiger partial charge >= 0.3 is 5.97 Å². The van der Waals surface area contributed by atoms with Crippen LogP contribution in [0.15, 0.2) is 64.0 Å². The minimum absolute atomic E-state index is 0.110. The van der Waals surface area contributed by atoms with Crippen LogP contribution in [-0.4, -0.2) is 18.7 Å². The number of hydrogen-bond acceptors (Lipinski definition) is 5. The molecule has 27 heavy (non-hydrogen) atoms. The van der Waals surface area contributed by atoms with Crippen LogP contribution in [0.2, 0.25) is 0 Å². The number of unbranched alkanes of at least 4 members (excludes halogenated alkanes) is 1. The van der Waals surface area contributed by atoms with Gasteiger partial charge in [0.05, 0.1) is 17.6 Å². The first-order valence-electron chi connectivity index (χ1n) is 9.04. The maximum absolute atomic E-state index is 12.7. The Balaban J connectivity index is 1.80. The quantitative estimate of drug-likeness (QED) is 0.453. The summed E-state index contributed by atoms with van der Waals surface area (Å²) in [5.74, 6) is 0.0301. The first-order chi connectivity index (χ1) is 13.1. The summed E-state index contributed by atoms with van der Waals surface area (Å²) >= 11 is 0. The summed E-state index contributed by atoms with van der Waals surface area (Å²) in [4.78, 5) is 24.7. The van der Waals surface area contributed by atoms with Gasteiger partial charge in [0, 0.05) is 6.07 Å². The van der Waals surface area contributed by atoms with Crippen LogP contribution >= 0.6 is 0 Å². The van der Waals surface area contributed by atoms with Crippen LogP contribution in [0, 0.1) is 0 Å². The second-order valence-corrected chi connectivity index (χ2v) is 6.28. The number of carbonyl (C=O) groups is 1. The molecule has 3 aromatic rings. The van der Waals surface area contributed by atoms with Crippen LogP contribution in [0.1, 0.15) is 26.7 Å². The highest BCUT2D eigenvalue weighted by Crippen LogP contribution is 2.23. The van der Waals surface area contributed by atoms with Crippen molar-refractivity contribution in [2.75, 3.05) is 6.61 Å². The smallest absolute Gasteiger partial charge is 0.347 e. The first kappa shape index (κ1) is 18.7. The van der Waals surface area contributed by atoms with Crippen LogP contribution in [0.25, 0.3) is 22.1 Å². The molecular formula is C22H22O5. The predicted molar refractivity (Wildman–Crippen MR) is 104 cm³/mol. The van der Waals surface area contributed by atoms with Crippen LogP contribution in [0.4, 0.5) is 0 Å². The lowest BCUT2D eigenvalue weighted by atomic mass is 10.1. The zero-order chi connectivity index (χ0) is 19.2. The normalized spacial score (nSPS) is 11.9. The van der Waals surface area contributed by atoms with Gasteiger partial charge in [0.25, 0.3) is 0 Å². The number of carbonyl (C=O) groups excluding carboxylic acids is 1. The summed E-state index contributed by atoms with van der Waals surface area (Å²) in [6.07, 6.45) is 2.49. The molecule has 0 spiro atoms. The van der Waals surface area contributed by atoms with Gasteiger partial charge in [0.2, 0.25) is 0 Å². The van der Waals surface area contributed by atoms with Gasteiger partial charge in [0.15, 0.2) is 11.5 Å². The maximum atomic E-state index is 12.7. The van der Waals surface area contributed by atoms with Gasteiger partial charge in [-0.3, -0.25) is 4.79 Å². The molecule has 0 unspecified atom stereocenters. The summed E-state index contributed by atoms with van der Waals surface area (Å²) < 4.78 is 16.4. The van der Waals surface area contributed by atoms with E-state index in [0.717, 1.165) is 18.4 Å². The van der Waals surface area contributed by atoms with Crippen molar-refractivity contribution in [3.8, 4) is 16.9 Å². The molecule has 0 aliphatic heterocycles. The Kier molecular flexibility index (Phi) is 5.91. The molecule has 0 saturated heterocycles. The van der Waals surface area contributed by atoms with E-state index in [-0.39, 0.29) is 5.43 Å². The Morgan fingerprint density at radius 1 is 1.15 bits per heavy atom. The van der Waals surface area contributed by atoms with Gasteiger partial charge in [-0.15, -0.1) is 0 Å². The number of ether oxygens (including phenoxy) is 2. The molecule has 140 valence electrons. The fourth-order valence-electron chi connectivity index (χ4n) is 2.69. The SMILES string of the molecule is CCCCOC(=O)[C@H](C)Oc1ccc2c(=O)c(-c3ccccc3)coc2c1. The zero-order valence-corrected chi connectivity index (χ0v) is 15.4.